The molecule has 1 N–H and O–H groups in total. The molecule has 0 fully saturated rings. The molecule has 0 aromatic heterocycles. The van der Waals surface area contributed by atoms with Crippen molar-refractivity contribution in [3.8, 4) is 5.75 Å². The fourth-order valence-corrected chi connectivity index (χ4v) is 2.31. The Morgan fingerprint density at radius 3 is 2.52 bits per heavy atom. The molecule has 0 unspecified atom stereocenters. The average Bonchev–Trinajstić information content (AvgIpc) is 2.59. The van der Waals surface area contributed by atoms with Gasteiger partial charge in [-0.25, -0.2) is 0 Å². The van der Waals surface area contributed by atoms with Crippen LogP contribution >= 0.6 is 0 Å². The second kappa shape index (κ2) is 11.8. The van der Waals surface area contributed by atoms with Gasteiger partial charge in [0.2, 0.25) is 5.91 Å². The first-order valence-corrected chi connectivity index (χ1v) is 8.88. The van der Waals surface area contributed by atoms with Gasteiger partial charge in [-0.2, -0.15) is 0 Å². The normalized spacial score (nSPS) is 12.3. The summed E-state index contributed by atoms with van der Waals surface area (Å²) < 4.78 is 5.54. The van der Waals surface area contributed by atoms with Crippen LogP contribution in [0.4, 0.5) is 0 Å². The summed E-state index contributed by atoms with van der Waals surface area (Å²) in [5, 5.41) is 3.00. The van der Waals surface area contributed by atoms with E-state index in [4.69, 9.17) is 4.74 Å². The second-order valence-corrected chi connectivity index (χ2v) is 5.91. The Balaban J connectivity index is 2.39. The number of amides is 1. The van der Waals surface area contributed by atoms with Gasteiger partial charge in [-0.05, 0) is 42.5 Å². The van der Waals surface area contributed by atoms with Gasteiger partial charge < -0.3 is 10.1 Å². The van der Waals surface area contributed by atoms with Crippen molar-refractivity contribution in [2.75, 3.05) is 13.2 Å². The molecule has 23 heavy (non-hydrogen) atoms. The summed E-state index contributed by atoms with van der Waals surface area (Å²) in [4.78, 5) is 11.9. The maximum atomic E-state index is 11.9. The first-order chi connectivity index (χ1) is 11.2. The number of carbonyl (C=O) groups excluding carboxylic acids is 1. The Labute approximate surface area is 141 Å². The highest BCUT2D eigenvalue weighted by Crippen LogP contribution is 2.14. The number of nitrogens with one attached hydrogen (secondary N) is 1. The van der Waals surface area contributed by atoms with Crippen molar-refractivity contribution < 1.29 is 9.53 Å². The Kier molecular flexibility index (Phi) is 9.85. The lowest BCUT2D eigenvalue weighted by Gasteiger charge is -2.14. The zero-order valence-corrected chi connectivity index (χ0v) is 14.8. The fourth-order valence-electron chi connectivity index (χ4n) is 2.31. The fraction of sp³-hybridized carbons (Fsp3) is 0.550. The number of hydrogen-bond donors (Lipinski definition) is 1. The molecular weight excluding hydrogens is 286 g/mol. The smallest absolute Gasteiger partial charge is 0.244 e. The molecule has 1 aromatic rings. The van der Waals surface area contributed by atoms with E-state index in [2.05, 4.69) is 26.1 Å². The molecule has 0 saturated carbocycles. The van der Waals surface area contributed by atoms with Gasteiger partial charge in [-0.3, -0.25) is 4.79 Å². The third-order valence-electron chi connectivity index (χ3n) is 3.89. The number of carbonyl (C=O) groups is 1. The monoisotopic (exact) mass is 317 g/mol. The van der Waals surface area contributed by atoms with E-state index < -0.39 is 0 Å². The zero-order valence-electron chi connectivity index (χ0n) is 14.8. The summed E-state index contributed by atoms with van der Waals surface area (Å²) in [6.07, 6.45) is 9.19. The molecular formula is C20H31NO2. The summed E-state index contributed by atoms with van der Waals surface area (Å²) >= 11 is 0. The van der Waals surface area contributed by atoms with E-state index in [0.29, 0.717) is 5.92 Å². The summed E-state index contributed by atoms with van der Waals surface area (Å²) in [7, 11) is 0. The number of rotatable bonds is 11. The molecule has 3 heteroatoms. The standard InChI is InChI=1S/C20H31NO2/c1-4-7-8-17(6-3)16-21-20(22)14-11-18-9-12-19(13-10-18)23-15-5-2/h9-14,17H,4-8,15-16H2,1-3H3,(H,21,22)/b14-11+/t17-/m1/s1. The van der Waals surface area contributed by atoms with Crippen molar-refractivity contribution >= 4 is 12.0 Å². The first-order valence-electron chi connectivity index (χ1n) is 8.88. The van der Waals surface area contributed by atoms with Crippen LogP contribution in [0.3, 0.4) is 0 Å². The third-order valence-corrected chi connectivity index (χ3v) is 3.89. The van der Waals surface area contributed by atoms with E-state index in [1.807, 2.05) is 30.3 Å². The van der Waals surface area contributed by atoms with E-state index in [-0.39, 0.29) is 5.91 Å². The van der Waals surface area contributed by atoms with Crippen LogP contribution < -0.4 is 10.1 Å². The van der Waals surface area contributed by atoms with E-state index in [9.17, 15) is 4.79 Å². The van der Waals surface area contributed by atoms with E-state index in [1.54, 1.807) is 6.08 Å². The maximum absolute atomic E-state index is 11.9. The summed E-state index contributed by atoms with van der Waals surface area (Å²) in [5.41, 5.74) is 1.00. The number of benzene rings is 1. The molecule has 1 rings (SSSR count). The van der Waals surface area contributed by atoms with Crippen LogP contribution in [0.25, 0.3) is 6.08 Å². The van der Waals surface area contributed by atoms with Crippen LogP contribution in [-0.4, -0.2) is 19.1 Å². The lowest BCUT2D eigenvalue weighted by atomic mass is 9.99. The molecule has 0 bridgehead atoms. The highest BCUT2D eigenvalue weighted by molar-refractivity contribution is 5.91. The minimum absolute atomic E-state index is 0.0220. The molecule has 3 nitrogen and oxygen atoms in total. The molecule has 0 saturated heterocycles. The van der Waals surface area contributed by atoms with Crippen LogP contribution in [0.5, 0.6) is 5.75 Å². The molecule has 0 aliphatic heterocycles. The zero-order chi connectivity index (χ0) is 16.9. The molecule has 0 aliphatic rings. The van der Waals surface area contributed by atoms with Gasteiger partial charge in [-0.15, -0.1) is 0 Å². The Morgan fingerprint density at radius 2 is 1.91 bits per heavy atom. The van der Waals surface area contributed by atoms with Gasteiger partial charge in [-0.1, -0.05) is 52.2 Å². The number of hydrogen-bond acceptors (Lipinski definition) is 2. The van der Waals surface area contributed by atoms with Crippen molar-refractivity contribution in [1.29, 1.82) is 0 Å². The minimum Gasteiger partial charge on any atom is -0.494 e. The predicted octanol–water partition coefficient (Wildman–Crippen LogP) is 4.82. The predicted molar refractivity (Wildman–Crippen MR) is 97.6 cm³/mol. The molecule has 1 atom stereocenters. The van der Waals surface area contributed by atoms with Gasteiger partial charge in [0, 0.05) is 12.6 Å². The summed E-state index contributed by atoms with van der Waals surface area (Å²) in [5.74, 6) is 1.43. The number of unbranched alkanes of at least 4 members (excludes halogenated alkanes) is 1. The quantitative estimate of drug-likeness (QED) is 0.594. The topological polar surface area (TPSA) is 38.3 Å². The van der Waals surface area contributed by atoms with Gasteiger partial charge >= 0.3 is 0 Å². The van der Waals surface area contributed by atoms with Crippen LogP contribution in [0.1, 0.15) is 58.4 Å². The van der Waals surface area contributed by atoms with Crippen molar-refractivity contribution in [2.24, 2.45) is 5.92 Å². The van der Waals surface area contributed by atoms with Crippen LogP contribution in [0.15, 0.2) is 30.3 Å². The Bertz CT molecular complexity index is 465. The molecule has 0 spiro atoms. The largest absolute Gasteiger partial charge is 0.494 e. The SMILES string of the molecule is CCCC[C@@H](CC)CNC(=O)/C=C/c1ccc(OCCC)cc1. The van der Waals surface area contributed by atoms with E-state index in [0.717, 1.165) is 37.3 Å². The Hall–Kier alpha value is -1.77. The van der Waals surface area contributed by atoms with Crippen molar-refractivity contribution in [1.82, 2.24) is 5.32 Å². The van der Waals surface area contributed by atoms with Crippen LogP contribution in [0.2, 0.25) is 0 Å². The van der Waals surface area contributed by atoms with Crippen LogP contribution in [0, 0.1) is 5.92 Å². The third kappa shape index (κ3) is 8.44. The van der Waals surface area contributed by atoms with Crippen molar-refractivity contribution in [3.05, 3.63) is 35.9 Å². The molecule has 1 aromatic carbocycles. The Morgan fingerprint density at radius 1 is 1.17 bits per heavy atom. The lowest BCUT2D eigenvalue weighted by molar-refractivity contribution is -0.116. The summed E-state index contributed by atoms with van der Waals surface area (Å²) in [6, 6.07) is 7.80. The molecule has 0 heterocycles. The molecule has 0 aliphatic carbocycles. The minimum atomic E-state index is -0.0220. The lowest BCUT2D eigenvalue weighted by Crippen LogP contribution is -2.27. The van der Waals surface area contributed by atoms with Gasteiger partial charge in [0.1, 0.15) is 5.75 Å². The molecule has 0 radical (unpaired) electrons. The molecule has 1 amide bonds. The second-order valence-electron chi connectivity index (χ2n) is 5.91. The highest BCUT2D eigenvalue weighted by atomic mass is 16.5. The van der Waals surface area contributed by atoms with E-state index >= 15 is 0 Å². The van der Waals surface area contributed by atoms with Gasteiger partial charge in [0.05, 0.1) is 6.61 Å². The molecule has 128 valence electrons. The van der Waals surface area contributed by atoms with Crippen molar-refractivity contribution in [3.63, 3.8) is 0 Å². The van der Waals surface area contributed by atoms with Gasteiger partial charge in [0.25, 0.3) is 0 Å². The first kappa shape index (κ1) is 19.3. The maximum Gasteiger partial charge on any atom is 0.244 e. The highest BCUT2D eigenvalue weighted by Gasteiger charge is 2.06. The van der Waals surface area contributed by atoms with Gasteiger partial charge in [0.15, 0.2) is 0 Å². The van der Waals surface area contributed by atoms with Crippen molar-refractivity contribution in [2.45, 2.75) is 52.9 Å². The van der Waals surface area contributed by atoms with E-state index in [1.165, 1.54) is 19.3 Å². The summed E-state index contributed by atoms with van der Waals surface area (Å²) in [6.45, 7) is 7.97. The number of ether oxygens (including phenoxy) is 1. The van der Waals surface area contributed by atoms with Crippen LogP contribution in [-0.2, 0) is 4.79 Å². The average molecular weight is 317 g/mol.